The van der Waals surface area contributed by atoms with Crippen molar-refractivity contribution in [3.05, 3.63) is 0 Å². The fourth-order valence-corrected chi connectivity index (χ4v) is 3.31. The lowest BCUT2D eigenvalue weighted by Crippen LogP contribution is -2.49. The molecule has 0 aromatic rings. The van der Waals surface area contributed by atoms with Gasteiger partial charge in [-0.25, -0.2) is 0 Å². The van der Waals surface area contributed by atoms with E-state index in [0.717, 1.165) is 32.5 Å². The highest BCUT2D eigenvalue weighted by molar-refractivity contribution is 5.74. The zero-order valence-corrected chi connectivity index (χ0v) is 11.9. The number of nitrogens with zero attached hydrogens (tertiary/aromatic N) is 2. The van der Waals surface area contributed by atoms with Crippen LogP contribution in [0.25, 0.3) is 0 Å². The molecule has 4 heteroatoms. The van der Waals surface area contributed by atoms with Crippen molar-refractivity contribution in [2.24, 2.45) is 11.3 Å². The Bertz CT molecular complexity index is 317. The van der Waals surface area contributed by atoms with Gasteiger partial charge in [-0.15, -0.1) is 0 Å². The van der Waals surface area contributed by atoms with E-state index < -0.39 is 11.4 Å². The summed E-state index contributed by atoms with van der Waals surface area (Å²) >= 11 is 0. The number of hydrogen-bond donors (Lipinski definition) is 1. The third kappa shape index (κ3) is 2.69. The van der Waals surface area contributed by atoms with Crippen LogP contribution >= 0.6 is 0 Å². The van der Waals surface area contributed by atoms with Crippen LogP contribution in [0.5, 0.6) is 0 Å². The molecule has 2 atom stereocenters. The monoisotopic (exact) mass is 254 g/mol. The molecule has 0 aliphatic carbocycles. The van der Waals surface area contributed by atoms with Gasteiger partial charge in [-0.05, 0) is 59.2 Å². The number of carbonyl (C=O) groups is 1. The molecule has 18 heavy (non-hydrogen) atoms. The molecule has 2 aliphatic heterocycles. The van der Waals surface area contributed by atoms with Crippen molar-refractivity contribution < 1.29 is 9.90 Å². The summed E-state index contributed by atoms with van der Waals surface area (Å²) in [6, 6.07) is 0.641. The van der Waals surface area contributed by atoms with E-state index in [9.17, 15) is 9.90 Å². The highest BCUT2D eigenvalue weighted by atomic mass is 16.4. The average Bonchev–Trinajstić information content (AvgIpc) is 2.76. The lowest BCUT2D eigenvalue weighted by atomic mass is 9.74. The third-order valence-electron chi connectivity index (χ3n) is 4.91. The summed E-state index contributed by atoms with van der Waals surface area (Å²) in [5.41, 5.74) is -0.594. The van der Waals surface area contributed by atoms with Gasteiger partial charge in [-0.1, -0.05) is 0 Å². The summed E-state index contributed by atoms with van der Waals surface area (Å²) in [7, 11) is 2.17. The first-order valence-corrected chi connectivity index (χ1v) is 7.07. The van der Waals surface area contributed by atoms with Crippen LogP contribution in [0, 0.1) is 11.3 Å². The minimum Gasteiger partial charge on any atom is -0.481 e. The van der Waals surface area contributed by atoms with Gasteiger partial charge in [0, 0.05) is 19.1 Å². The molecule has 0 saturated carbocycles. The third-order valence-corrected chi connectivity index (χ3v) is 4.91. The molecule has 2 unspecified atom stereocenters. The van der Waals surface area contributed by atoms with Gasteiger partial charge in [-0.2, -0.15) is 0 Å². The number of piperidine rings is 1. The van der Waals surface area contributed by atoms with Crippen LogP contribution < -0.4 is 0 Å². The molecule has 0 amide bonds. The highest BCUT2D eigenvalue weighted by Gasteiger charge is 2.40. The van der Waals surface area contributed by atoms with Gasteiger partial charge < -0.3 is 10.0 Å². The van der Waals surface area contributed by atoms with E-state index in [1.165, 1.54) is 13.0 Å². The first-order valence-electron chi connectivity index (χ1n) is 7.07. The first kappa shape index (κ1) is 13.8. The molecular weight excluding hydrogens is 228 g/mol. The summed E-state index contributed by atoms with van der Waals surface area (Å²) in [4.78, 5) is 16.3. The van der Waals surface area contributed by atoms with E-state index >= 15 is 0 Å². The van der Waals surface area contributed by atoms with Crippen molar-refractivity contribution in [1.29, 1.82) is 0 Å². The summed E-state index contributed by atoms with van der Waals surface area (Å²) in [5, 5.41) is 9.36. The van der Waals surface area contributed by atoms with Crippen molar-refractivity contribution >= 4 is 5.97 Å². The quantitative estimate of drug-likeness (QED) is 0.829. The second-order valence-corrected chi connectivity index (χ2v) is 6.57. The van der Waals surface area contributed by atoms with E-state index in [0.29, 0.717) is 6.04 Å². The van der Waals surface area contributed by atoms with Gasteiger partial charge in [-0.3, -0.25) is 9.69 Å². The van der Waals surface area contributed by atoms with Gasteiger partial charge in [0.15, 0.2) is 0 Å². The average molecular weight is 254 g/mol. The molecule has 4 nitrogen and oxygen atoms in total. The van der Waals surface area contributed by atoms with E-state index in [1.807, 2.05) is 13.8 Å². The maximum absolute atomic E-state index is 11.4. The molecule has 104 valence electrons. The molecule has 2 rings (SSSR count). The van der Waals surface area contributed by atoms with Crippen LogP contribution in [-0.4, -0.2) is 60.1 Å². The molecule has 0 bridgehead atoms. The van der Waals surface area contributed by atoms with Crippen LogP contribution in [-0.2, 0) is 4.79 Å². The van der Waals surface area contributed by atoms with E-state index in [2.05, 4.69) is 16.8 Å². The number of hydrogen-bond acceptors (Lipinski definition) is 3. The molecule has 0 aromatic heterocycles. The van der Waals surface area contributed by atoms with Crippen LogP contribution in [0.1, 0.15) is 33.1 Å². The van der Waals surface area contributed by atoms with Crippen LogP contribution in [0.2, 0.25) is 0 Å². The second-order valence-electron chi connectivity index (χ2n) is 6.57. The van der Waals surface area contributed by atoms with Crippen molar-refractivity contribution in [2.45, 2.75) is 39.2 Å². The smallest absolute Gasteiger partial charge is 0.309 e. The van der Waals surface area contributed by atoms with Gasteiger partial charge >= 0.3 is 5.97 Å². The minimum absolute atomic E-state index is 0.287. The molecule has 2 saturated heterocycles. The maximum Gasteiger partial charge on any atom is 0.309 e. The largest absolute Gasteiger partial charge is 0.481 e. The normalized spacial score (nSPS) is 31.7. The number of likely N-dealkylation sites (tertiary alicyclic amines) is 2. The fraction of sp³-hybridized carbons (Fsp3) is 0.929. The topological polar surface area (TPSA) is 43.8 Å². The fourth-order valence-electron chi connectivity index (χ4n) is 3.31. The maximum atomic E-state index is 11.4. The number of carboxylic acids is 1. The van der Waals surface area contributed by atoms with E-state index in [1.54, 1.807) is 0 Å². The molecule has 0 spiro atoms. The van der Waals surface area contributed by atoms with Crippen molar-refractivity contribution in [2.75, 3.05) is 33.2 Å². The molecule has 2 fully saturated rings. The summed E-state index contributed by atoms with van der Waals surface area (Å²) < 4.78 is 0. The standard InChI is InChI=1S/C14H26N2O2/c1-14(2,13(17)18)11-5-4-7-16(9-11)12-6-8-15(3)10-12/h11-12H,4-10H2,1-3H3,(H,17,18). The molecule has 2 aliphatic rings. The second kappa shape index (κ2) is 5.17. The number of rotatable bonds is 3. The van der Waals surface area contributed by atoms with Crippen LogP contribution in [0.15, 0.2) is 0 Å². The first-order chi connectivity index (χ1) is 8.41. The van der Waals surface area contributed by atoms with E-state index in [-0.39, 0.29) is 5.92 Å². The predicted octanol–water partition coefficient (Wildman–Crippen LogP) is 1.51. The Morgan fingerprint density at radius 1 is 1.22 bits per heavy atom. The molecular formula is C14H26N2O2. The Hall–Kier alpha value is -0.610. The van der Waals surface area contributed by atoms with Crippen molar-refractivity contribution in [3.8, 4) is 0 Å². The van der Waals surface area contributed by atoms with Gasteiger partial charge in [0.1, 0.15) is 0 Å². The number of likely N-dealkylation sites (N-methyl/N-ethyl adjacent to an activating group) is 1. The zero-order chi connectivity index (χ0) is 13.3. The Labute approximate surface area is 110 Å². The Kier molecular flexibility index (Phi) is 3.97. The van der Waals surface area contributed by atoms with Crippen molar-refractivity contribution in [3.63, 3.8) is 0 Å². The van der Waals surface area contributed by atoms with Crippen LogP contribution in [0.3, 0.4) is 0 Å². The Morgan fingerprint density at radius 2 is 1.94 bits per heavy atom. The Morgan fingerprint density at radius 3 is 2.50 bits per heavy atom. The predicted molar refractivity (Wildman–Crippen MR) is 71.6 cm³/mol. The number of aliphatic carboxylic acids is 1. The summed E-state index contributed by atoms with van der Waals surface area (Å²) in [5.74, 6) is -0.368. The lowest BCUT2D eigenvalue weighted by molar-refractivity contribution is -0.151. The van der Waals surface area contributed by atoms with Gasteiger partial charge in [0.25, 0.3) is 0 Å². The molecule has 0 radical (unpaired) electrons. The van der Waals surface area contributed by atoms with Crippen LogP contribution in [0.4, 0.5) is 0 Å². The molecule has 0 aromatic carbocycles. The van der Waals surface area contributed by atoms with Gasteiger partial charge in [0.2, 0.25) is 0 Å². The Balaban J connectivity index is 1.98. The number of carboxylic acid groups (broad SMARTS) is 1. The minimum atomic E-state index is -0.655. The molecule has 2 heterocycles. The van der Waals surface area contributed by atoms with E-state index in [4.69, 9.17) is 0 Å². The highest BCUT2D eigenvalue weighted by Crippen LogP contribution is 2.35. The zero-order valence-electron chi connectivity index (χ0n) is 11.9. The summed E-state index contributed by atoms with van der Waals surface area (Å²) in [6.07, 6.45) is 3.43. The SMILES string of the molecule is CN1CCC(N2CCCC(C(C)(C)C(=O)O)C2)C1. The van der Waals surface area contributed by atoms with Gasteiger partial charge in [0.05, 0.1) is 5.41 Å². The van der Waals surface area contributed by atoms with Crippen molar-refractivity contribution in [1.82, 2.24) is 9.80 Å². The molecule has 1 N–H and O–H groups in total. The summed E-state index contributed by atoms with van der Waals surface area (Å²) in [6.45, 7) is 8.17. The lowest BCUT2D eigenvalue weighted by Gasteiger charge is -2.41.